The monoisotopic (exact) mass is 403 g/mol. The molecule has 1 atom stereocenters. The first-order valence-electron chi connectivity index (χ1n) is 9.31. The minimum atomic E-state index is -0.445. The quantitative estimate of drug-likeness (QED) is 0.711. The number of aromatic nitrogens is 1. The molecule has 1 amide bonds. The molecule has 0 bridgehead atoms. The van der Waals surface area contributed by atoms with Crippen LogP contribution in [-0.2, 0) is 4.79 Å². The molecule has 0 unspecified atom stereocenters. The van der Waals surface area contributed by atoms with E-state index in [0.29, 0.717) is 25.3 Å². The molecule has 1 aliphatic rings. The molecule has 0 N–H and O–H groups in total. The van der Waals surface area contributed by atoms with E-state index in [2.05, 4.69) is 9.88 Å². The maximum Gasteiger partial charge on any atom is 0.223 e. The largest absolute Gasteiger partial charge is 0.365 e. The summed E-state index contributed by atoms with van der Waals surface area (Å²) in [5, 5.41) is 0.0893. The molecule has 2 aromatic rings. The first-order valence-corrected chi connectivity index (χ1v) is 9.69. The van der Waals surface area contributed by atoms with Crippen molar-refractivity contribution in [3.8, 4) is 0 Å². The minimum Gasteiger partial charge on any atom is -0.365 e. The van der Waals surface area contributed by atoms with Crippen molar-refractivity contribution in [2.24, 2.45) is 0 Å². The van der Waals surface area contributed by atoms with Gasteiger partial charge in [0.15, 0.2) is 5.78 Å². The van der Waals surface area contributed by atoms with Gasteiger partial charge in [0.25, 0.3) is 0 Å². The highest BCUT2D eigenvalue weighted by atomic mass is 35.5. The molecule has 0 saturated carbocycles. The van der Waals surface area contributed by atoms with Gasteiger partial charge in [0, 0.05) is 49.9 Å². The average Bonchev–Trinajstić information content (AvgIpc) is 2.68. The van der Waals surface area contributed by atoms with E-state index in [-0.39, 0.29) is 35.6 Å². The Balaban J connectivity index is 1.55. The Kier molecular flexibility index (Phi) is 6.29. The highest BCUT2D eigenvalue weighted by Gasteiger charge is 2.27. The van der Waals surface area contributed by atoms with E-state index in [1.165, 1.54) is 6.07 Å². The Morgan fingerprint density at radius 3 is 2.68 bits per heavy atom. The smallest absolute Gasteiger partial charge is 0.223 e. The molecular weight excluding hydrogens is 381 g/mol. The van der Waals surface area contributed by atoms with Crippen molar-refractivity contribution in [1.29, 1.82) is 0 Å². The number of hydrogen-bond donors (Lipinski definition) is 0. The fourth-order valence-electron chi connectivity index (χ4n) is 3.44. The Hall–Kier alpha value is -2.47. The fraction of sp³-hybridized carbons (Fsp3) is 0.381. The van der Waals surface area contributed by atoms with Crippen LogP contribution in [0.1, 0.15) is 35.9 Å². The summed E-state index contributed by atoms with van der Waals surface area (Å²) in [6.07, 6.45) is 0.320. The number of anilines is 1. The van der Waals surface area contributed by atoms with Gasteiger partial charge in [-0.1, -0.05) is 17.7 Å². The Labute approximate surface area is 169 Å². The summed E-state index contributed by atoms with van der Waals surface area (Å²) < 4.78 is 13.4. The zero-order chi connectivity index (χ0) is 20.3. The number of carbonyl (C=O) groups is 2. The second kappa shape index (κ2) is 8.69. The molecule has 1 aromatic carbocycles. The molecule has 7 heteroatoms. The summed E-state index contributed by atoms with van der Waals surface area (Å²) in [5.74, 6) is -0.603. The number of nitrogens with zero attached hydrogens (tertiary/aromatic N) is 3. The fourth-order valence-corrected chi connectivity index (χ4v) is 3.61. The predicted molar refractivity (Wildman–Crippen MR) is 107 cm³/mol. The zero-order valence-corrected chi connectivity index (χ0v) is 16.7. The molecule has 2 heterocycles. The topological polar surface area (TPSA) is 53.5 Å². The molecule has 0 spiro atoms. The van der Waals surface area contributed by atoms with Gasteiger partial charge in [0.05, 0.1) is 5.02 Å². The molecule has 0 aliphatic carbocycles. The van der Waals surface area contributed by atoms with E-state index in [0.717, 1.165) is 11.4 Å². The van der Waals surface area contributed by atoms with Crippen molar-refractivity contribution in [2.45, 2.75) is 32.7 Å². The Morgan fingerprint density at radius 1 is 1.21 bits per heavy atom. The van der Waals surface area contributed by atoms with Gasteiger partial charge < -0.3 is 9.80 Å². The van der Waals surface area contributed by atoms with E-state index in [1.54, 1.807) is 29.2 Å². The third-order valence-electron chi connectivity index (χ3n) is 4.95. The third-order valence-corrected chi connectivity index (χ3v) is 5.24. The van der Waals surface area contributed by atoms with Crippen LogP contribution in [0.4, 0.5) is 10.1 Å². The number of pyridine rings is 1. The number of rotatable bonds is 5. The summed E-state index contributed by atoms with van der Waals surface area (Å²) >= 11 is 5.89. The van der Waals surface area contributed by atoms with E-state index in [9.17, 15) is 14.0 Å². The number of ketones is 1. The summed E-state index contributed by atoms with van der Waals surface area (Å²) in [6.45, 7) is 5.57. The molecule has 0 radical (unpaired) electrons. The van der Waals surface area contributed by atoms with Gasteiger partial charge in [0.1, 0.15) is 11.5 Å². The number of hydrogen-bond acceptors (Lipinski definition) is 4. The van der Waals surface area contributed by atoms with Crippen molar-refractivity contribution in [3.63, 3.8) is 0 Å². The van der Waals surface area contributed by atoms with Gasteiger partial charge in [-0.05, 0) is 44.2 Å². The van der Waals surface area contributed by atoms with E-state index in [1.807, 2.05) is 19.9 Å². The first kappa shape index (κ1) is 20.3. The van der Waals surface area contributed by atoms with Crippen LogP contribution in [0.2, 0.25) is 5.02 Å². The summed E-state index contributed by atoms with van der Waals surface area (Å²) in [6, 6.07) is 10.0. The molecular formula is C21H23ClFN3O2. The molecule has 5 nitrogen and oxygen atoms in total. The van der Waals surface area contributed by atoms with Gasteiger partial charge in [-0.2, -0.15) is 0 Å². The minimum absolute atomic E-state index is 0.0374. The summed E-state index contributed by atoms with van der Waals surface area (Å²) in [5.41, 5.74) is 2.02. The van der Waals surface area contributed by atoms with Crippen LogP contribution in [-0.4, -0.2) is 47.3 Å². The maximum atomic E-state index is 13.4. The number of carbonyl (C=O) groups excluding carboxylic acids is 2. The molecule has 1 aromatic heterocycles. The lowest BCUT2D eigenvalue weighted by Gasteiger charge is -2.41. The highest BCUT2D eigenvalue weighted by Crippen LogP contribution is 2.26. The van der Waals surface area contributed by atoms with Gasteiger partial charge >= 0.3 is 0 Å². The van der Waals surface area contributed by atoms with Crippen molar-refractivity contribution < 1.29 is 14.0 Å². The SMILES string of the molecule is Cc1cccc(C(=O)CCC(=O)N2CCN(c3ccc(F)c(Cl)c3)[C@@H](C)C2)n1. The average molecular weight is 404 g/mol. The van der Waals surface area contributed by atoms with Crippen molar-refractivity contribution in [3.05, 3.63) is 58.6 Å². The van der Waals surface area contributed by atoms with Crippen LogP contribution in [0.25, 0.3) is 0 Å². The van der Waals surface area contributed by atoms with Crippen molar-refractivity contribution in [1.82, 2.24) is 9.88 Å². The first-order chi connectivity index (χ1) is 13.3. The summed E-state index contributed by atoms with van der Waals surface area (Å²) in [7, 11) is 0. The van der Waals surface area contributed by atoms with Crippen LogP contribution >= 0.6 is 11.6 Å². The lowest BCUT2D eigenvalue weighted by Crippen LogP contribution is -2.53. The van der Waals surface area contributed by atoms with Crippen LogP contribution in [0, 0.1) is 12.7 Å². The van der Waals surface area contributed by atoms with Gasteiger partial charge in [-0.3, -0.25) is 14.6 Å². The predicted octanol–water partition coefficient (Wildman–Crippen LogP) is 3.88. The number of piperazine rings is 1. The van der Waals surface area contributed by atoms with Gasteiger partial charge in [-0.25, -0.2) is 4.39 Å². The molecule has 1 aliphatic heterocycles. The van der Waals surface area contributed by atoms with Crippen LogP contribution in [0.15, 0.2) is 36.4 Å². The molecule has 28 heavy (non-hydrogen) atoms. The number of amides is 1. The Bertz CT molecular complexity index is 890. The second-order valence-electron chi connectivity index (χ2n) is 7.07. The zero-order valence-electron chi connectivity index (χ0n) is 16.0. The third kappa shape index (κ3) is 4.68. The van der Waals surface area contributed by atoms with Gasteiger partial charge in [0.2, 0.25) is 5.91 Å². The number of halogens is 2. The van der Waals surface area contributed by atoms with Gasteiger partial charge in [-0.15, -0.1) is 0 Å². The molecule has 148 valence electrons. The van der Waals surface area contributed by atoms with E-state index < -0.39 is 5.82 Å². The standard InChI is InChI=1S/C21H23ClFN3O2/c1-14-4-3-5-19(24-14)20(27)8-9-21(28)25-10-11-26(15(2)13-25)16-6-7-18(23)17(22)12-16/h3-7,12,15H,8-11,13H2,1-2H3/t15-/m0/s1. The van der Waals surface area contributed by atoms with Crippen LogP contribution in [0.5, 0.6) is 0 Å². The summed E-state index contributed by atoms with van der Waals surface area (Å²) in [4.78, 5) is 32.9. The lowest BCUT2D eigenvalue weighted by atomic mass is 10.1. The maximum absolute atomic E-state index is 13.4. The van der Waals surface area contributed by atoms with Crippen LogP contribution < -0.4 is 4.90 Å². The lowest BCUT2D eigenvalue weighted by molar-refractivity contribution is -0.131. The van der Waals surface area contributed by atoms with Crippen molar-refractivity contribution >= 4 is 29.0 Å². The highest BCUT2D eigenvalue weighted by molar-refractivity contribution is 6.31. The Morgan fingerprint density at radius 2 is 2.00 bits per heavy atom. The molecule has 1 saturated heterocycles. The number of aryl methyl sites for hydroxylation is 1. The number of Topliss-reactive ketones (excluding diaryl/α,β-unsaturated/α-hetero) is 1. The second-order valence-corrected chi connectivity index (χ2v) is 7.48. The molecule has 1 fully saturated rings. The van der Waals surface area contributed by atoms with Crippen LogP contribution in [0.3, 0.4) is 0 Å². The number of benzene rings is 1. The normalized spacial score (nSPS) is 16.9. The molecule has 3 rings (SSSR count). The van der Waals surface area contributed by atoms with Crippen molar-refractivity contribution in [2.75, 3.05) is 24.5 Å². The van der Waals surface area contributed by atoms with E-state index >= 15 is 0 Å². The van der Waals surface area contributed by atoms with E-state index in [4.69, 9.17) is 11.6 Å².